The molecule has 0 amide bonds. The molecule has 5 atom stereocenters. The van der Waals surface area contributed by atoms with Crippen molar-refractivity contribution in [3.8, 4) is 0 Å². The van der Waals surface area contributed by atoms with Crippen molar-refractivity contribution in [3.63, 3.8) is 0 Å². The van der Waals surface area contributed by atoms with Gasteiger partial charge >= 0.3 is 39.5 Å². The van der Waals surface area contributed by atoms with Crippen LogP contribution in [0.25, 0.3) is 0 Å². The molecule has 84 heavy (non-hydrogen) atoms. The Hall–Kier alpha value is -2.46. The van der Waals surface area contributed by atoms with E-state index in [0.717, 1.165) is 109 Å². The van der Waals surface area contributed by atoms with Crippen LogP contribution in [-0.4, -0.2) is 96.7 Å². The molecule has 0 bridgehead atoms. The number of ether oxygens (including phenoxy) is 4. The normalized spacial score (nSPS) is 14.4. The van der Waals surface area contributed by atoms with E-state index in [4.69, 9.17) is 37.0 Å². The first-order chi connectivity index (χ1) is 40.5. The molecule has 494 valence electrons. The number of hydrogen-bond donors (Lipinski definition) is 3. The molecule has 2 unspecified atom stereocenters. The first kappa shape index (κ1) is 81.5. The Morgan fingerprint density at radius 3 is 0.976 bits per heavy atom. The van der Waals surface area contributed by atoms with Crippen LogP contribution in [-0.2, 0) is 65.4 Å². The molecule has 0 aromatic heterocycles. The van der Waals surface area contributed by atoms with Gasteiger partial charge in [-0.25, -0.2) is 9.13 Å². The third kappa shape index (κ3) is 58.6. The van der Waals surface area contributed by atoms with Gasteiger partial charge in [-0.2, -0.15) is 0 Å². The summed E-state index contributed by atoms with van der Waals surface area (Å²) in [5, 5.41) is 10.5. The summed E-state index contributed by atoms with van der Waals surface area (Å²) in [6.45, 7) is 6.98. The number of esters is 4. The Morgan fingerprint density at radius 1 is 0.369 bits per heavy atom. The Kier molecular flexibility index (Phi) is 56.5. The lowest BCUT2D eigenvalue weighted by molar-refractivity contribution is -0.161. The summed E-state index contributed by atoms with van der Waals surface area (Å²) < 4.78 is 67.8. The molecule has 0 rings (SSSR count). The van der Waals surface area contributed by atoms with E-state index in [-0.39, 0.29) is 25.7 Å². The fourth-order valence-corrected chi connectivity index (χ4v) is 10.8. The number of rotatable bonds is 63. The van der Waals surface area contributed by atoms with Gasteiger partial charge in [0, 0.05) is 25.7 Å². The minimum absolute atomic E-state index is 0.0852. The molecule has 0 radical (unpaired) electrons. The van der Waals surface area contributed by atoms with Crippen molar-refractivity contribution in [2.24, 2.45) is 5.92 Å². The van der Waals surface area contributed by atoms with E-state index in [1.54, 1.807) is 0 Å². The number of carbonyl (C=O) groups is 4. The van der Waals surface area contributed by atoms with Crippen molar-refractivity contribution in [3.05, 3.63) is 24.3 Å². The summed E-state index contributed by atoms with van der Waals surface area (Å²) in [4.78, 5) is 72.0. The summed E-state index contributed by atoms with van der Waals surface area (Å²) in [5.74, 6) is -1.48. The number of unbranched alkanes of at least 4 members (excludes halogenated alkanes) is 32. The van der Waals surface area contributed by atoms with Gasteiger partial charge in [0.05, 0.1) is 26.4 Å². The maximum atomic E-state index is 13.0. The fourth-order valence-electron chi connectivity index (χ4n) is 9.22. The van der Waals surface area contributed by atoms with Crippen molar-refractivity contribution >= 4 is 39.5 Å². The Labute approximate surface area is 510 Å². The summed E-state index contributed by atoms with van der Waals surface area (Å²) in [5.41, 5.74) is 0. The smallest absolute Gasteiger partial charge is 0.462 e. The number of phosphoric ester groups is 2. The molecule has 0 saturated carbocycles. The average molecular weight is 1240 g/mol. The number of aliphatic hydroxyl groups excluding tert-OH is 1. The van der Waals surface area contributed by atoms with Crippen molar-refractivity contribution in [1.82, 2.24) is 0 Å². The lowest BCUT2D eigenvalue weighted by atomic mass is 10.0. The third-order valence-electron chi connectivity index (χ3n) is 14.4. The van der Waals surface area contributed by atoms with Crippen LogP contribution >= 0.6 is 15.6 Å². The predicted octanol–water partition coefficient (Wildman–Crippen LogP) is 17.7. The van der Waals surface area contributed by atoms with Gasteiger partial charge in [0.25, 0.3) is 0 Å². The summed E-state index contributed by atoms with van der Waals surface area (Å²) in [7, 11) is -9.89. The lowest BCUT2D eigenvalue weighted by Crippen LogP contribution is -2.30. The fraction of sp³-hybridized carbons (Fsp3) is 0.877. The van der Waals surface area contributed by atoms with Crippen molar-refractivity contribution < 1.29 is 80.2 Å². The zero-order chi connectivity index (χ0) is 62.0. The van der Waals surface area contributed by atoms with Gasteiger partial charge in [-0.15, -0.1) is 0 Å². The summed E-state index contributed by atoms with van der Waals surface area (Å²) >= 11 is 0. The van der Waals surface area contributed by atoms with Gasteiger partial charge in [-0.3, -0.25) is 37.3 Å². The molecule has 19 heteroatoms. The highest BCUT2D eigenvalue weighted by Crippen LogP contribution is 2.45. The molecule has 0 aliphatic heterocycles. The predicted molar refractivity (Wildman–Crippen MR) is 335 cm³/mol. The second kappa shape index (κ2) is 58.2. The van der Waals surface area contributed by atoms with Gasteiger partial charge < -0.3 is 33.8 Å². The minimum Gasteiger partial charge on any atom is -0.462 e. The highest BCUT2D eigenvalue weighted by atomic mass is 31.2. The highest BCUT2D eigenvalue weighted by molar-refractivity contribution is 7.47. The minimum atomic E-state index is -4.95. The number of allylic oxidation sites excluding steroid dienone is 4. The largest absolute Gasteiger partial charge is 0.472 e. The van der Waals surface area contributed by atoms with E-state index in [1.165, 1.54) is 109 Å². The van der Waals surface area contributed by atoms with Crippen molar-refractivity contribution in [2.45, 2.75) is 323 Å². The van der Waals surface area contributed by atoms with Gasteiger partial charge in [0.1, 0.15) is 19.3 Å². The van der Waals surface area contributed by atoms with E-state index in [1.807, 2.05) is 0 Å². The summed E-state index contributed by atoms with van der Waals surface area (Å²) in [6.07, 6.45) is 45.7. The van der Waals surface area contributed by atoms with Crippen LogP contribution in [0.2, 0.25) is 0 Å². The maximum Gasteiger partial charge on any atom is 0.472 e. The zero-order valence-electron chi connectivity index (χ0n) is 53.5. The first-order valence-electron chi connectivity index (χ1n) is 33.5. The van der Waals surface area contributed by atoms with Crippen LogP contribution in [0.3, 0.4) is 0 Å². The molecule has 0 heterocycles. The van der Waals surface area contributed by atoms with Crippen LogP contribution in [0.4, 0.5) is 0 Å². The molecular weight excluding hydrogens is 1110 g/mol. The van der Waals surface area contributed by atoms with Crippen LogP contribution in [0.5, 0.6) is 0 Å². The third-order valence-corrected chi connectivity index (χ3v) is 16.3. The molecule has 0 aromatic carbocycles. The molecule has 0 aromatic rings. The zero-order valence-corrected chi connectivity index (χ0v) is 55.3. The molecule has 0 saturated heterocycles. The van der Waals surface area contributed by atoms with Crippen molar-refractivity contribution in [1.29, 1.82) is 0 Å². The molecule has 0 fully saturated rings. The number of phosphoric acid groups is 2. The van der Waals surface area contributed by atoms with Crippen LogP contribution in [0.1, 0.15) is 304 Å². The quantitative estimate of drug-likeness (QED) is 0.0169. The second-order valence-corrected chi connectivity index (χ2v) is 26.2. The van der Waals surface area contributed by atoms with Crippen LogP contribution in [0, 0.1) is 5.92 Å². The Balaban J connectivity index is 5.21. The molecule has 3 N–H and O–H groups in total. The van der Waals surface area contributed by atoms with E-state index in [9.17, 15) is 43.2 Å². The topological polar surface area (TPSA) is 237 Å². The van der Waals surface area contributed by atoms with Gasteiger partial charge in [0.15, 0.2) is 12.2 Å². The maximum absolute atomic E-state index is 13.0. The monoisotopic (exact) mass is 1240 g/mol. The molecule has 0 aliphatic carbocycles. The van der Waals surface area contributed by atoms with Gasteiger partial charge in [-0.05, 0) is 57.3 Å². The number of hydrogen-bond acceptors (Lipinski definition) is 15. The second-order valence-electron chi connectivity index (χ2n) is 23.3. The van der Waals surface area contributed by atoms with E-state index < -0.39 is 97.5 Å². The molecule has 0 aliphatic rings. The average Bonchev–Trinajstić information content (AvgIpc) is 3.54. The number of carbonyl (C=O) groups excluding carboxylic acids is 4. The molecule has 17 nitrogen and oxygen atoms in total. The lowest BCUT2D eigenvalue weighted by Gasteiger charge is -2.21. The SMILES string of the molecule is CCCCCC/C=C\C=C/CCCCCCCC(=O)O[C@H](COC(=O)CCCCCCCCCCCCCCCC)COP(=O)(O)OC[C@@H](O)COP(=O)(O)OC[C@@H](COC(=O)CCCCCCC)OC(=O)CCCCCCCCCC(C)C. The Bertz CT molecular complexity index is 1730. The molecule has 0 spiro atoms. The van der Waals surface area contributed by atoms with Crippen LogP contribution in [0.15, 0.2) is 24.3 Å². The highest BCUT2D eigenvalue weighted by Gasteiger charge is 2.30. The first-order valence-corrected chi connectivity index (χ1v) is 36.4. The van der Waals surface area contributed by atoms with E-state index in [2.05, 4.69) is 58.9 Å². The van der Waals surface area contributed by atoms with Gasteiger partial charge in [-0.1, -0.05) is 252 Å². The van der Waals surface area contributed by atoms with Crippen molar-refractivity contribution in [2.75, 3.05) is 39.6 Å². The summed E-state index contributed by atoms with van der Waals surface area (Å²) in [6, 6.07) is 0. The standard InChI is InChI=1S/C65H122O17P2/c1-6-9-12-15-17-19-21-23-25-27-29-31-35-40-45-50-64(69)82-61(55-76-63(68)49-44-39-34-30-28-26-24-22-20-18-16-13-10-7-2)57-80-84(73,74)78-53-59(66)52-77-83(71,72)79-56-60(54-75-62(67)48-43-37-14-11-8-3)81-65(70)51-46-41-36-32-33-38-42-47-58(4)5/h19,21,23,25,58-61,66H,6-18,20,22,24,26-57H2,1-5H3,(H,71,72)(H,73,74)/b21-19-,25-23-/t59-,60+,61+/m0/s1. The van der Waals surface area contributed by atoms with E-state index >= 15 is 0 Å². The van der Waals surface area contributed by atoms with Crippen LogP contribution < -0.4 is 0 Å². The Morgan fingerprint density at radius 2 is 0.643 bits per heavy atom. The molecular formula is C65H122O17P2. The van der Waals surface area contributed by atoms with Gasteiger partial charge in [0.2, 0.25) is 0 Å². The van der Waals surface area contributed by atoms with E-state index in [0.29, 0.717) is 31.6 Å². The number of aliphatic hydroxyl groups is 1.